The van der Waals surface area contributed by atoms with E-state index >= 15 is 0 Å². The molecule has 7 heteroatoms. The predicted octanol–water partition coefficient (Wildman–Crippen LogP) is 5.10. The molecule has 0 radical (unpaired) electrons. The first-order valence-corrected chi connectivity index (χ1v) is 11.6. The molecule has 0 bridgehead atoms. The number of rotatable bonds is 6. The van der Waals surface area contributed by atoms with Crippen LogP contribution in [0.2, 0.25) is 0 Å². The van der Waals surface area contributed by atoms with Crippen molar-refractivity contribution in [2.24, 2.45) is 0 Å². The second kappa shape index (κ2) is 8.31. The van der Waals surface area contributed by atoms with Gasteiger partial charge in [-0.3, -0.25) is 4.21 Å². The second-order valence-corrected chi connectivity index (χ2v) is 9.54. The molecule has 1 atom stereocenters. The van der Waals surface area contributed by atoms with Crippen molar-refractivity contribution >= 4 is 43.9 Å². The fraction of sp³-hybridized carbons (Fsp3) is 0.182. The Kier molecular flexibility index (Phi) is 5.60. The molecule has 0 spiro atoms. The fourth-order valence-electron chi connectivity index (χ4n) is 3.19. The zero-order chi connectivity index (χ0) is 20.4. The number of thiophene rings is 1. The average molecular weight is 423 g/mol. The third-order valence-corrected chi connectivity index (χ3v) is 7.72. The summed E-state index contributed by atoms with van der Waals surface area (Å²) in [4.78, 5) is 9.81. The average Bonchev–Trinajstić information content (AvgIpc) is 3.09. The topological polar surface area (TPSA) is 94.9 Å². The molecule has 0 saturated heterocycles. The lowest BCUT2D eigenvalue weighted by Gasteiger charge is -2.09. The molecular weight excluding hydrogens is 400 g/mol. The van der Waals surface area contributed by atoms with Gasteiger partial charge in [-0.25, -0.2) is 9.97 Å². The van der Waals surface area contributed by atoms with Crippen LogP contribution in [0.25, 0.3) is 32.6 Å². The number of anilines is 2. The first kappa shape index (κ1) is 19.5. The van der Waals surface area contributed by atoms with Crippen LogP contribution in [-0.4, -0.2) is 19.9 Å². The van der Waals surface area contributed by atoms with Crippen LogP contribution in [-0.2, 0) is 10.8 Å². The maximum atomic E-state index is 12.8. The number of benzene rings is 1. The molecule has 0 fully saturated rings. The van der Waals surface area contributed by atoms with Crippen molar-refractivity contribution in [3.05, 3.63) is 54.7 Å². The first-order valence-electron chi connectivity index (χ1n) is 9.47. The molecule has 0 aliphatic carbocycles. The molecule has 0 aliphatic rings. The Morgan fingerprint density at radius 2 is 1.86 bits per heavy atom. The minimum Gasteiger partial charge on any atom is -0.396 e. The summed E-state index contributed by atoms with van der Waals surface area (Å²) in [6, 6.07) is 15.8. The Morgan fingerprint density at radius 1 is 1.07 bits per heavy atom. The first-order chi connectivity index (χ1) is 14.1. The van der Waals surface area contributed by atoms with Gasteiger partial charge in [0.25, 0.3) is 0 Å². The molecule has 4 aromatic rings. The van der Waals surface area contributed by atoms with Crippen molar-refractivity contribution in [1.82, 2.24) is 9.97 Å². The number of nitrogens with two attached hydrogens (primary N) is 2. The van der Waals surface area contributed by atoms with E-state index in [1.165, 1.54) is 11.3 Å². The SMILES string of the molecule is CCCCS(=O)c1sc2nc(-c3ccc(N)nc3)cc(-c3ccccc3)c2c1N. The largest absolute Gasteiger partial charge is 0.396 e. The van der Waals surface area contributed by atoms with Gasteiger partial charge < -0.3 is 11.5 Å². The predicted molar refractivity (Wildman–Crippen MR) is 123 cm³/mol. The maximum absolute atomic E-state index is 12.8. The molecule has 1 aromatic carbocycles. The zero-order valence-corrected chi connectivity index (χ0v) is 17.7. The summed E-state index contributed by atoms with van der Waals surface area (Å²) in [5.74, 6) is 1.08. The van der Waals surface area contributed by atoms with Gasteiger partial charge in [0, 0.05) is 22.9 Å². The highest BCUT2D eigenvalue weighted by Crippen LogP contribution is 2.42. The number of aromatic nitrogens is 2. The fourth-order valence-corrected chi connectivity index (χ4v) is 5.98. The van der Waals surface area contributed by atoms with Crippen LogP contribution in [0.3, 0.4) is 0 Å². The van der Waals surface area contributed by atoms with Gasteiger partial charge in [0.15, 0.2) is 0 Å². The van der Waals surface area contributed by atoms with Crippen molar-refractivity contribution in [1.29, 1.82) is 0 Å². The molecule has 3 heterocycles. The van der Waals surface area contributed by atoms with Crippen LogP contribution in [0.1, 0.15) is 19.8 Å². The molecule has 3 aromatic heterocycles. The quantitative estimate of drug-likeness (QED) is 0.451. The van der Waals surface area contributed by atoms with Gasteiger partial charge in [-0.05, 0) is 35.7 Å². The van der Waals surface area contributed by atoms with E-state index in [0.717, 1.165) is 45.4 Å². The highest BCUT2D eigenvalue weighted by atomic mass is 32.2. The monoisotopic (exact) mass is 422 g/mol. The molecule has 1 unspecified atom stereocenters. The molecule has 148 valence electrons. The lowest BCUT2D eigenvalue weighted by atomic mass is 10.0. The van der Waals surface area contributed by atoms with Crippen molar-refractivity contribution in [3.63, 3.8) is 0 Å². The van der Waals surface area contributed by atoms with Gasteiger partial charge in [0.1, 0.15) is 14.9 Å². The highest BCUT2D eigenvalue weighted by molar-refractivity contribution is 7.87. The zero-order valence-electron chi connectivity index (χ0n) is 16.1. The van der Waals surface area contributed by atoms with Gasteiger partial charge in [-0.1, -0.05) is 43.7 Å². The van der Waals surface area contributed by atoms with E-state index in [0.29, 0.717) is 21.5 Å². The molecule has 4 N–H and O–H groups in total. The summed E-state index contributed by atoms with van der Waals surface area (Å²) in [6.45, 7) is 2.09. The summed E-state index contributed by atoms with van der Waals surface area (Å²) in [7, 11) is -1.12. The van der Waals surface area contributed by atoms with Gasteiger partial charge in [0.05, 0.1) is 22.2 Å². The molecule has 0 saturated carbocycles. The second-order valence-electron chi connectivity index (χ2n) is 6.78. The van der Waals surface area contributed by atoms with Crippen molar-refractivity contribution in [3.8, 4) is 22.4 Å². The van der Waals surface area contributed by atoms with Crippen molar-refractivity contribution < 1.29 is 4.21 Å². The van der Waals surface area contributed by atoms with Crippen molar-refractivity contribution in [2.45, 2.75) is 24.0 Å². The Hall–Kier alpha value is -2.77. The smallest absolute Gasteiger partial charge is 0.127 e. The highest BCUT2D eigenvalue weighted by Gasteiger charge is 2.20. The number of nitrogen functional groups attached to an aromatic ring is 2. The third-order valence-electron chi connectivity index (χ3n) is 4.72. The van der Waals surface area contributed by atoms with E-state index in [2.05, 4.69) is 11.9 Å². The van der Waals surface area contributed by atoms with Gasteiger partial charge in [-0.15, -0.1) is 11.3 Å². The Balaban J connectivity index is 1.94. The lowest BCUT2D eigenvalue weighted by molar-refractivity contribution is 0.681. The van der Waals surface area contributed by atoms with Crippen LogP contribution in [0, 0.1) is 0 Å². The number of pyridine rings is 2. The number of hydrogen-bond donors (Lipinski definition) is 2. The summed E-state index contributed by atoms with van der Waals surface area (Å²) < 4.78 is 13.5. The van der Waals surface area contributed by atoms with E-state index in [1.54, 1.807) is 12.3 Å². The number of unbranched alkanes of at least 4 members (excludes halogenated alkanes) is 1. The Bertz CT molecular complexity index is 1170. The molecule has 0 amide bonds. The molecular formula is C22H22N4OS2. The van der Waals surface area contributed by atoms with E-state index in [4.69, 9.17) is 16.5 Å². The normalized spacial score (nSPS) is 12.3. The minimum atomic E-state index is -1.12. The number of fused-ring (bicyclic) bond motifs is 1. The van der Waals surface area contributed by atoms with Gasteiger partial charge >= 0.3 is 0 Å². The summed E-state index contributed by atoms with van der Waals surface area (Å²) in [5, 5.41) is 0.869. The molecule has 5 nitrogen and oxygen atoms in total. The lowest BCUT2D eigenvalue weighted by Crippen LogP contribution is -1.99. The van der Waals surface area contributed by atoms with Crippen LogP contribution >= 0.6 is 11.3 Å². The standard InChI is InChI=1S/C22H22N4OS2/c1-2-3-11-29(27)22-20(24)19-16(14-7-5-4-6-8-14)12-17(26-21(19)28-22)15-9-10-18(23)25-13-15/h4-10,12-13H,2-3,11,24H2,1H3,(H2,23,25). The summed E-state index contributed by atoms with van der Waals surface area (Å²) >= 11 is 1.42. The van der Waals surface area contributed by atoms with E-state index in [1.807, 2.05) is 42.5 Å². The Morgan fingerprint density at radius 3 is 2.55 bits per heavy atom. The maximum Gasteiger partial charge on any atom is 0.127 e. The van der Waals surface area contributed by atoms with E-state index < -0.39 is 10.8 Å². The van der Waals surface area contributed by atoms with E-state index in [-0.39, 0.29) is 0 Å². The molecule has 29 heavy (non-hydrogen) atoms. The summed E-state index contributed by atoms with van der Waals surface area (Å²) in [6.07, 6.45) is 3.62. The third kappa shape index (κ3) is 3.88. The molecule has 4 rings (SSSR count). The summed E-state index contributed by atoms with van der Waals surface area (Å²) in [5.41, 5.74) is 16.5. The minimum absolute atomic E-state index is 0.465. The van der Waals surface area contributed by atoms with Crippen molar-refractivity contribution in [2.75, 3.05) is 17.2 Å². The number of hydrogen-bond acceptors (Lipinski definition) is 6. The van der Waals surface area contributed by atoms with Crippen LogP contribution in [0.4, 0.5) is 11.5 Å². The van der Waals surface area contributed by atoms with Crippen LogP contribution in [0.5, 0.6) is 0 Å². The van der Waals surface area contributed by atoms with Crippen LogP contribution < -0.4 is 11.5 Å². The molecule has 0 aliphatic heterocycles. The Labute approximate surface area is 176 Å². The van der Waals surface area contributed by atoms with E-state index in [9.17, 15) is 4.21 Å². The van der Waals surface area contributed by atoms with Gasteiger partial charge in [-0.2, -0.15) is 0 Å². The number of nitrogens with zero attached hydrogens (tertiary/aromatic N) is 2. The van der Waals surface area contributed by atoms with Crippen LogP contribution in [0.15, 0.2) is 58.9 Å². The van der Waals surface area contributed by atoms with Gasteiger partial charge in [0.2, 0.25) is 0 Å².